The van der Waals surface area contributed by atoms with Gasteiger partial charge in [-0.25, -0.2) is 4.98 Å². The lowest BCUT2D eigenvalue weighted by molar-refractivity contribution is 0.0947. The first kappa shape index (κ1) is 18.2. The number of rotatable bonds is 6. The highest BCUT2D eigenvalue weighted by Gasteiger charge is 2.12. The van der Waals surface area contributed by atoms with Gasteiger partial charge in [-0.15, -0.1) is 0 Å². The molecule has 11 heteroatoms. The number of carbonyl (C=O) groups excluding carboxylic acids is 1. The van der Waals surface area contributed by atoms with Crippen molar-refractivity contribution in [2.75, 3.05) is 19.4 Å². The second-order valence-corrected chi connectivity index (χ2v) is 6.21. The Bertz CT molecular complexity index is 1220. The van der Waals surface area contributed by atoms with E-state index in [4.69, 9.17) is 10.5 Å². The second-order valence-electron chi connectivity index (χ2n) is 6.21. The average Bonchev–Trinajstić information content (AvgIpc) is 3.36. The van der Waals surface area contributed by atoms with Crippen molar-refractivity contribution < 1.29 is 9.53 Å². The topological polar surface area (TPSA) is 157 Å². The summed E-state index contributed by atoms with van der Waals surface area (Å²) in [6.45, 7) is 0.674. The molecule has 0 radical (unpaired) electrons. The Morgan fingerprint density at radius 1 is 1.31 bits per heavy atom. The number of amides is 1. The number of imidazole rings is 1. The van der Waals surface area contributed by atoms with Crippen LogP contribution in [0.5, 0.6) is 5.75 Å². The van der Waals surface area contributed by atoms with E-state index in [-0.39, 0.29) is 17.4 Å². The Kier molecular flexibility index (Phi) is 4.69. The maximum Gasteiger partial charge on any atom is 0.280 e. The third-order valence-corrected chi connectivity index (χ3v) is 4.34. The van der Waals surface area contributed by atoms with Crippen LogP contribution in [0.3, 0.4) is 0 Å². The van der Waals surface area contributed by atoms with Gasteiger partial charge < -0.3 is 20.4 Å². The van der Waals surface area contributed by atoms with Crippen molar-refractivity contribution >= 4 is 23.0 Å². The minimum Gasteiger partial charge on any atom is -0.497 e. The molecule has 0 unspecified atom stereocenters. The summed E-state index contributed by atoms with van der Waals surface area (Å²) in [7, 11) is 1.60. The van der Waals surface area contributed by atoms with Gasteiger partial charge in [0.2, 0.25) is 5.95 Å². The van der Waals surface area contributed by atoms with Gasteiger partial charge in [0, 0.05) is 18.7 Å². The minimum atomic E-state index is -0.404. The van der Waals surface area contributed by atoms with Gasteiger partial charge in [0.15, 0.2) is 11.2 Å². The fourth-order valence-corrected chi connectivity index (χ4v) is 2.87. The van der Waals surface area contributed by atoms with Gasteiger partial charge in [-0.05, 0) is 30.3 Å². The van der Waals surface area contributed by atoms with Crippen LogP contribution >= 0.6 is 0 Å². The molecule has 4 rings (SSSR count). The molecular formula is C18H18N8O3. The third-order valence-electron chi connectivity index (χ3n) is 4.34. The number of nitrogen functional groups attached to an aromatic ring is 1. The standard InChI is InChI=1S/C18H18N8O3/c1-29-11-4-2-10(3-5-11)12-8-13(25-24-12)16(27)20-6-7-26-9-21-14-15(26)22-18(19)23-17(14)28/h2-5,8-9H,6-7H2,1H3,(H,20,27)(H,24,25)(H3,19,22,23,28). The third kappa shape index (κ3) is 3.65. The van der Waals surface area contributed by atoms with Crippen LogP contribution in [0.1, 0.15) is 10.5 Å². The molecule has 3 heterocycles. The Balaban J connectivity index is 1.40. The zero-order valence-corrected chi connectivity index (χ0v) is 15.5. The van der Waals surface area contributed by atoms with E-state index >= 15 is 0 Å². The molecule has 1 amide bonds. The normalized spacial score (nSPS) is 10.9. The summed E-state index contributed by atoms with van der Waals surface area (Å²) < 4.78 is 6.78. The van der Waals surface area contributed by atoms with Gasteiger partial charge in [-0.2, -0.15) is 10.1 Å². The van der Waals surface area contributed by atoms with Gasteiger partial charge in [0.1, 0.15) is 11.4 Å². The molecule has 5 N–H and O–H groups in total. The van der Waals surface area contributed by atoms with E-state index in [9.17, 15) is 9.59 Å². The Labute approximate surface area is 163 Å². The summed E-state index contributed by atoms with van der Waals surface area (Å²) in [6, 6.07) is 9.05. The molecule has 0 aliphatic heterocycles. The first-order valence-corrected chi connectivity index (χ1v) is 8.74. The molecule has 0 aliphatic rings. The number of anilines is 1. The van der Waals surface area contributed by atoms with Crippen molar-refractivity contribution in [2.45, 2.75) is 6.54 Å². The van der Waals surface area contributed by atoms with E-state index < -0.39 is 5.56 Å². The van der Waals surface area contributed by atoms with Gasteiger partial charge in [0.05, 0.1) is 19.1 Å². The molecular weight excluding hydrogens is 376 g/mol. The van der Waals surface area contributed by atoms with E-state index in [1.54, 1.807) is 17.7 Å². The summed E-state index contributed by atoms with van der Waals surface area (Å²) in [5.41, 5.74) is 7.58. The summed E-state index contributed by atoms with van der Waals surface area (Å²) in [5, 5.41) is 9.70. The summed E-state index contributed by atoms with van der Waals surface area (Å²) in [5.74, 6) is 0.455. The average molecular weight is 394 g/mol. The maximum atomic E-state index is 12.4. The SMILES string of the molecule is COc1ccc(-c2cc(C(=O)NCCn3cnc4c(=O)[nH]c(N)nc43)[nH]n2)cc1. The van der Waals surface area contributed by atoms with E-state index in [0.29, 0.717) is 30.1 Å². The molecule has 4 aromatic rings. The van der Waals surface area contributed by atoms with Crippen molar-refractivity contribution in [1.29, 1.82) is 0 Å². The molecule has 0 saturated carbocycles. The van der Waals surface area contributed by atoms with E-state index in [1.807, 2.05) is 24.3 Å². The van der Waals surface area contributed by atoms with E-state index in [0.717, 1.165) is 11.3 Å². The molecule has 3 aromatic heterocycles. The number of nitrogens with one attached hydrogen (secondary N) is 3. The molecule has 11 nitrogen and oxygen atoms in total. The number of hydrogen-bond acceptors (Lipinski definition) is 7. The lowest BCUT2D eigenvalue weighted by Gasteiger charge is -2.05. The Hall–Kier alpha value is -4.15. The highest BCUT2D eigenvalue weighted by Crippen LogP contribution is 2.21. The highest BCUT2D eigenvalue weighted by molar-refractivity contribution is 5.93. The molecule has 0 aliphatic carbocycles. The van der Waals surface area contributed by atoms with Crippen molar-refractivity contribution in [3.8, 4) is 17.0 Å². The molecule has 29 heavy (non-hydrogen) atoms. The molecule has 0 spiro atoms. The maximum absolute atomic E-state index is 12.4. The first-order valence-electron chi connectivity index (χ1n) is 8.74. The van der Waals surface area contributed by atoms with Crippen LogP contribution in [0.4, 0.5) is 5.95 Å². The second kappa shape index (κ2) is 7.46. The number of hydrogen-bond donors (Lipinski definition) is 4. The molecule has 1 aromatic carbocycles. The van der Waals surface area contributed by atoms with Crippen LogP contribution < -0.4 is 21.3 Å². The van der Waals surface area contributed by atoms with E-state index in [2.05, 4.69) is 30.5 Å². The zero-order valence-electron chi connectivity index (χ0n) is 15.5. The molecule has 0 bridgehead atoms. The van der Waals surface area contributed by atoms with Gasteiger partial charge in [0.25, 0.3) is 11.5 Å². The molecule has 0 saturated heterocycles. The van der Waals surface area contributed by atoms with Gasteiger partial charge >= 0.3 is 0 Å². The molecule has 0 atom stereocenters. The lowest BCUT2D eigenvalue weighted by atomic mass is 10.1. The number of nitrogens with zero attached hydrogens (tertiary/aromatic N) is 4. The fraction of sp³-hybridized carbons (Fsp3) is 0.167. The highest BCUT2D eigenvalue weighted by atomic mass is 16.5. The first-order chi connectivity index (χ1) is 14.0. The molecule has 0 fully saturated rings. The number of benzene rings is 1. The van der Waals surface area contributed by atoms with Crippen LogP contribution in [-0.4, -0.2) is 49.3 Å². The van der Waals surface area contributed by atoms with Crippen molar-refractivity contribution in [3.63, 3.8) is 0 Å². The predicted octanol–water partition coefficient (Wildman–Crippen LogP) is 0.531. The largest absolute Gasteiger partial charge is 0.497 e. The van der Waals surface area contributed by atoms with Crippen LogP contribution in [0, 0.1) is 0 Å². The van der Waals surface area contributed by atoms with Crippen LogP contribution in [-0.2, 0) is 6.54 Å². The number of ether oxygens (including phenoxy) is 1. The van der Waals surface area contributed by atoms with E-state index in [1.165, 1.54) is 6.33 Å². The van der Waals surface area contributed by atoms with Crippen molar-refractivity contribution in [2.24, 2.45) is 0 Å². The van der Waals surface area contributed by atoms with Gasteiger partial charge in [-0.3, -0.25) is 19.7 Å². The van der Waals surface area contributed by atoms with Crippen LogP contribution in [0.2, 0.25) is 0 Å². The monoisotopic (exact) mass is 394 g/mol. The minimum absolute atomic E-state index is 0.0109. The number of nitrogens with two attached hydrogens (primary N) is 1. The number of aromatic nitrogens is 6. The summed E-state index contributed by atoms with van der Waals surface area (Å²) in [6.07, 6.45) is 1.48. The van der Waals surface area contributed by atoms with Crippen molar-refractivity contribution in [1.82, 2.24) is 35.0 Å². The van der Waals surface area contributed by atoms with Crippen LogP contribution in [0.15, 0.2) is 41.5 Å². The predicted molar refractivity (Wildman–Crippen MR) is 105 cm³/mol. The Morgan fingerprint density at radius 3 is 2.86 bits per heavy atom. The number of aromatic amines is 2. The number of carbonyl (C=O) groups is 1. The lowest BCUT2D eigenvalue weighted by Crippen LogP contribution is -2.27. The zero-order chi connectivity index (χ0) is 20.4. The fourth-order valence-electron chi connectivity index (χ4n) is 2.87. The molecule has 148 valence electrons. The number of fused-ring (bicyclic) bond motifs is 1. The number of H-pyrrole nitrogens is 2. The number of methoxy groups -OCH3 is 1. The Morgan fingerprint density at radius 2 is 2.10 bits per heavy atom. The van der Waals surface area contributed by atoms with Crippen molar-refractivity contribution in [3.05, 3.63) is 52.7 Å². The summed E-state index contributed by atoms with van der Waals surface area (Å²) in [4.78, 5) is 34.7. The quantitative estimate of drug-likeness (QED) is 0.371. The van der Waals surface area contributed by atoms with Crippen LogP contribution in [0.25, 0.3) is 22.4 Å². The smallest absolute Gasteiger partial charge is 0.280 e. The summed E-state index contributed by atoms with van der Waals surface area (Å²) >= 11 is 0. The van der Waals surface area contributed by atoms with Gasteiger partial charge in [-0.1, -0.05) is 0 Å².